The third-order valence-corrected chi connectivity index (χ3v) is 3.99. The van der Waals surface area contributed by atoms with Crippen LogP contribution in [0.3, 0.4) is 0 Å². The number of halogens is 3. The highest BCUT2D eigenvalue weighted by Gasteiger charge is 2.31. The van der Waals surface area contributed by atoms with Crippen molar-refractivity contribution in [2.24, 2.45) is 5.73 Å². The summed E-state index contributed by atoms with van der Waals surface area (Å²) >= 11 is 0. The Hall–Kier alpha value is -1.76. The molecular weight excluding hydrogens is 309 g/mol. The topological polar surface area (TPSA) is 55.6 Å². The van der Waals surface area contributed by atoms with E-state index in [9.17, 15) is 18.0 Å². The molecule has 2 atom stereocenters. The number of carbonyl (C=O) groups is 1. The molecule has 1 fully saturated rings. The minimum absolute atomic E-state index is 0.0316. The zero-order valence-corrected chi connectivity index (χ0v) is 13.0. The van der Waals surface area contributed by atoms with E-state index in [-0.39, 0.29) is 30.2 Å². The first-order chi connectivity index (χ1) is 10.8. The van der Waals surface area contributed by atoms with Crippen molar-refractivity contribution in [2.45, 2.75) is 51.1 Å². The van der Waals surface area contributed by atoms with Crippen LogP contribution in [-0.2, 0) is 11.2 Å². The fourth-order valence-electron chi connectivity index (χ4n) is 2.90. The largest absolute Gasteiger partial charge is 0.573 e. The molecule has 7 heteroatoms. The summed E-state index contributed by atoms with van der Waals surface area (Å²) in [4.78, 5) is 14.3. The van der Waals surface area contributed by atoms with E-state index in [0.717, 1.165) is 19.3 Å². The first kappa shape index (κ1) is 17.6. The normalized spacial score (nSPS) is 20.2. The van der Waals surface area contributed by atoms with Gasteiger partial charge in [-0.25, -0.2) is 0 Å². The van der Waals surface area contributed by atoms with Crippen molar-refractivity contribution >= 4 is 5.91 Å². The van der Waals surface area contributed by atoms with Gasteiger partial charge in [-0.2, -0.15) is 0 Å². The summed E-state index contributed by atoms with van der Waals surface area (Å²) in [6, 6.07) is 5.32. The quantitative estimate of drug-likeness (QED) is 0.923. The van der Waals surface area contributed by atoms with Gasteiger partial charge in [-0.05, 0) is 43.9 Å². The molecule has 1 aliphatic rings. The van der Waals surface area contributed by atoms with Crippen LogP contribution in [0.25, 0.3) is 0 Å². The molecule has 1 aliphatic heterocycles. The van der Waals surface area contributed by atoms with Crippen molar-refractivity contribution in [1.82, 2.24) is 4.90 Å². The molecule has 1 aromatic rings. The van der Waals surface area contributed by atoms with E-state index in [1.165, 1.54) is 24.3 Å². The third kappa shape index (κ3) is 5.13. The van der Waals surface area contributed by atoms with Gasteiger partial charge in [0.25, 0.3) is 0 Å². The molecule has 2 rings (SSSR count). The lowest BCUT2D eigenvalue weighted by Crippen LogP contribution is -2.52. The van der Waals surface area contributed by atoms with Gasteiger partial charge >= 0.3 is 6.36 Å². The van der Waals surface area contributed by atoms with Gasteiger partial charge in [-0.1, -0.05) is 12.1 Å². The number of hydrogen-bond donors (Lipinski definition) is 1. The second-order valence-electron chi connectivity index (χ2n) is 5.88. The molecule has 1 amide bonds. The maximum Gasteiger partial charge on any atom is 0.573 e. The number of benzene rings is 1. The average molecular weight is 330 g/mol. The maximum atomic E-state index is 12.5. The Labute approximate surface area is 133 Å². The van der Waals surface area contributed by atoms with E-state index < -0.39 is 6.36 Å². The Balaban J connectivity index is 1.99. The summed E-state index contributed by atoms with van der Waals surface area (Å²) in [7, 11) is 0. The number of nitrogens with zero attached hydrogens (tertiary/aromatic N) is 1. The molecule has 1 heterocycles. The molecule has 0 radical (unpaired) electrons. The number of carbonyl (C=O) groups excluding carboxylic acids is 1. The van der Waals surface area contributed by atoms with Gasteiger partial charge in [0.15, 0.2) is 0 Å². The minimum atomic E-state index is -4.71. The average Bonchev–Trinajstić information content (AvgIpc) is 2.47. The minimum Gasteiger partial charge on any atom is -0.406 e. The van der Waals surface area contributed by atoms with Crippen LogP contribution in [-0.4, -0.2) is 35.8 Å². The molecule has 0 aromatic heterocycles. The number of alkyl halides is 3. The van der Waals surface area contributed by atoms with E-state index in [4.69, 9.17) is 5.73 Å². The molecule has 23 heavy (non-hydrogen) atoms. The second-order valence-corrected chi connectivity index (χ2v) is 5.88. The number of amides is 1. The number of rotatable bonds is 4. The van der Waals surface area contributed by atoms with E-state index in [0.29, 0.717) is 12.1 Å². The standard InChI is InChI=1S/C16H21F3N2O2/c1-11(20)14-4-2-3-9-21(14)15(22)10-12-5-7-13(8-6-12)23-16(17,18)19/h5-8,11,14H,2-4,9-10,20H2,1H3. The Morgan fingerprint density at radius 3 is 2.57 bits per heavy atom. The van der Waals surface area contributed by atoms with Gasteiger partial charge in [0, 0.05) is 18.6 Å². The SMILES string of the molecule is CC(N)C1CCCCN1C(=O)Cc1ccc(OC(F)(F)F)cc1. The number of hydrogen-bond acceptors (Lipinski definition) is 3. The zero-order valence-electron chi connectivity index (χ0n) is 13.0. The monoisotopic (exact) mass is 330 g/mol. The van der Waals surface area contributed by atoms with E-state index in [1.807, 2.05) is 6.92 Å². The predicted octanol–water partition coefficient (Wildman–Crippen LogP) is 2.86. The Bertz CT molecular complexity index is 529. The van der Waals surface area contributed by atoms with Crippen LogP contribution in [0.5, 0.6) is 5.75 Å². The fourth-order valence-corrected chi connectivity index (χ4v) is 2.90. The van der Waals surface area contributed by atoms with Gasteiger partial charge in [0.2, 0.25) is 5.91 Å². The molecule has 4 nitrogen and oxygen atoms in total. The van der Waals surface area contributed by atoms with Gasteiger partial charge in [0.05, 0.1) is 6.42 Å². The van der Waals surface area contributed by atoms with Crippen molar-refractivity contribution in [3.8, 4) is 5.75 Å². The van der Waals surface area contributed by atoms with E-state index in [1.54, 1.807) is 4.90 Å². The van der Waals surface area contributed by atoms with Crippen molar-refractivity contribution in [2.75, 3.05) is 6.54 Å². The van der Waals surface area contributed by atoms with Crippen LogP contribution < -0.4 is 10.5 Å². The first-order valence-electron chi connectivity index (χ1n) is 7.66. The Kier molecular flexibility index (Phi) is 5.51. The highest BCUT2D eigenvalue weighted by Crippen LogP contribution is 2.24. The highest BCUT2D eigenvalue weighted by atomic mass is 19.4. The van der Waals surface area contributed by atoms with Crippen LogP contribution in [0.4, 0.5) is 13.2 Å². The second kappa shape index (κ2) is 7.21. The Morgan fingerprint density at radius 1 is 1.35 bits per heavy atom. The first-order valence-corrected chi connectivity index (χ1v) is 7.66. The number of ether oxygens (including phenoxy) is 1. The smallest absolute Gasteiger partial charge is 0.406 e. The molecule has 2 unspecified atom stereocenters. The third-order valence-electron chi connectivity index (χ3n) is 3.99. The van der Waals surface area contributed by atoms with Crippen LogP contribution in [0.2, 0.25) is 0 Å². The summed E-state index contributed by atoms with van der Waals surface area (Å²) in [6.45, 7) is 2.57. The van der Waals surface area contributed by atoms with Gasteiger partial charge in [-0.3, -0.25) is 4.79 Å². The molecule has 0 bridgehead atoms. The lowest BCUT2D eigenvalue weighted by atomic mass is 9.96. The summed E-state index contributed by atoms with van der Waals surface area (Å²) in [5, 5.41) is 0. The Morgan fingerprint density at radius 2 is 2.00 bits per heavy atom. The van der Waals surface area contributed by atoms with Crippen LogP contribution in [0.15, 0.2) is 24.3 Å². The molecule has 1 saturated heterocycles. The summed E-state index contributed by atoms with van der Waals surface area (Å²) in [5.74, 6) is -0.336. The van der Waals surface area contributed by atoms with Gasteiger partial charge in [0.1, 0.15) is 5.75 Å². The molecule has 128 valence electrons. The van der Waals surface area contributed by atoms with Crippen molar-refractivity contribution < 1.29 is 22.7 Å². The lowest BCUT2D eigenvalue weighted by molar-refractivity contribution is -0.274. The molecule has 2 N–H and O–H groups in total. The van der Waals surface area contributed by atoms with Crippen molar-refractivity contribution in [3.63, 3.8) is 0 Å². The van der Waals surface area contributed by atoms with Crippen LogP contribution in [0.1, 0.15) is 31.7 Å². The number of nitrogens with two attached hydrogens (primary N) is 1. The van der Waals surface area contributed by atoms with Crippen molar-refractivity contribution in [1.29, 1.82) is 0 Å². The van der Waals surface area contributed by atoms with Gasteiger partial charge in [-0.15, -0.1) is 13.2 Å². The fraction of sp³-hybridized carbons (Fsp3) is 0.562. The highest BCUT2D eigenvalue weighted by molar-refractivity contribution is 5.79. The molecule has 1 aromatic carbocycles. The summed E-state index contributed by atoms with van der Waals surface area (Å²) in [5.41, 5.74) is 6.60. The molecule has 0 aliphatic carbocycles. The zero-order chi connectivity index (χ0) is 17.0. The van der Waals surface area contributed by atoms with Gasteiger partial charge < -0.3 is 15.4 Å². The number of piperidine rings is 1. The van der Waals surface area contributed by atoms with E-state index in [2.05, 4.69) is 4.74 Å². The lowest BCUT2D eigenvalue weighted by Gasteiger charge is -2.38. The predicted molar refractivity (Wildman–Crippen MR) is 79.8 cm³/mol. The summed E-state index contributed by atoms with van der Waals surface area (Å²) in [6.07, 6.45) is -1.67. The molecule has 0 saturated carbocycles. The molecular formula is C16H21F3N2O2. The maximum absolute atomic E-state index is 12.5. The van der Waals surface area contributed by atoms with Crippen molar-refractivity contribution in [3.05, 3.63) is 29.8 Å². The van der Waals surface area contributed by atoms with E-state index >= 15 is 0 Å². The van der Waals surface area contributed by atoms with Crippen LogP contribution in [0, 0.1) is 0 Å². The van der Waals surface area contributed by atoms with Crippen LogP contribution >= 0.6 is 0 Å². The molecule has 0 spiro atoms. The summed E-state index contributed by atoms with van der Waals surface area (Å²) < 4.78 is 40.2. The number of likely N-dealkylation sites (tertiary alicyclic amines) is 1.